The largest absolute Gasteiger partial charge is 0.384 e. The van der Waals surface area contributed by atoms with Crippen LogP contribution in [-0.4, -0.2) is 20.3 Å². The van der Waals surface area contributed by atoms with E-state index in [2.05, 4.69) is 22.1 Å². The number of anilines is 1. The van der Waals surface area contributed by atoms with Crippen LogP contribution in [0.3, 0.4) is 0 Å². The summed E-state index contributed by atoms with van der Waals surface area (Å²) in [7, 11) is 0. The molecule has 6 nitrogen and oxygen atoms in total. The Morgan fingerprint density at radius 2 is 1.77 bits per heavy atom. The number of hydrogen-bond donors (Lipinski definition) is 1. The lowest BCUT2D eigenvalue weighted by Crippen LogP contribution is -2.30. The standard InChI is InChI=1S/C24H28N4O2/c1-17-20(12-14-23(25)27-17)11-13-22(29)16-28-18(2)26-15-21(24(28)30)10-6-9-19-7-4-3-5-8-19/h3-5,7-8,12,14-15H,6,9-11,13,16H2,1-2H3,(H2,25,27). The highest BCUT2D eigenvalue weighted by molar-refractivity contribution is 5.78. The first kappa shape index (κ1) is 21.4. The first-order chi connectivity index (χ1) is 14.4. The van der Waals surface area contributed by atoms with Gasteiger partial charge in [-0.05, 0) is 56.7 Å². The second-order valence-corrected chi connectivity index (χ2v) is 7.58. The SMILES string of the molecule is Cc1nc(N)ccc1CCC(=O)Cn1c(C)ncc(CCCc2ccccc2)c1=O. The Morgan fingerprint density at radius 1 is 1.00 bits per heavy atom. The van der Waals surface area contributed by atoms with Crippen molar-refractivity contribution in [2.24, 2.45) is 0 Å². The second kappa shape index (κ2) is 9.96. The summed E-state index contributed by atoms with van der Waals surface area (Å²) in [6, 6.07) is 13.8. The van der Waals surface area contributed by atoms with E-state index in [0.717, 1.165) is 24.1 Å². The fourth-order valence-corrected chi connectivity index (χ4v) is 3.50. The quantitative estimate of drug-likeness (QED) is 0.591. The van der Waals surface area contributed by atoms with Crippen LogP contribution in [0.25, 0.3) is 0 Å². The van der Waals surface area contributed by atoms with Gasteiger partial charge in [-0.3, -0.25) is 14.2 Å². The molecule has 0 unspecified atom stereocenters. The molecule has 6 heteroatoms. The van der Waals surface area contributed by atoms with Crippen molar-refractivity contribution in [1.82, 2.24) is 14.5 Å². The van der Waals surface area contributed by atoms with Gasteiger partial charge in [0, 0.05) is 23.9 Å². The van der Waals surface area contributed by atoms with Crippen molar-refractivity contribution in [2.75, 3.05) is 5.73 Å². The van der Waals surface area contributed by atoms with Crippen LogP contribution in [0.1, 0.15) is 41.1 Å². The number of nitrogen functional groups attached to an aromatic ring is 1. The van der Waals surface area contributed by atoms with Gasteiger partial charge in [0.25, 0.3) is 5.56 Å². The minimum absolute atomic E-state index is 0.000314. The predicted octanol–water partition coefficient (Wildman–Crippen LogP) is 3.21. The molecule has 2 N–H and O–H groups in total. The van der Waals surface area contributed by atoms with Gasteiger partial charge in [-0.1, -0.05) is 36.4 Å². The zero-order valence-electron chi connectivity index (χ0n) is 17.6. The molecule has 156 valence electrons. The zero-order valence-corrected chi connectivity index (χ0v) is 17.6. The van der Waals surface area contributed by atoms with Crippen LogP contribution in [0.5, 0.6) is 0 Å². The number of nitrogens with two attached hydrogens (primary N) is 1. The molecule has 3 aromatic rings. The fourth-order valence-electron chi connectivity index (χ4n) is 3.50. The van der Waals surface area contributed by atoms with Crippen molar-refractivity contribution in [2.45, 2.75) is 52.5 Å². The molecular weight excluding hydrogens is 376 g/mol. The number of rotatable bonds is 9. The number of carbonyl (C=O) groups is 1. The molecule has 0 atom stereocenters. The summed E-state index contributed by atoms with van der Waals surface area (Å²) >= 11 is 0. The lowest BCUT2D eigenvalue weighted by molar-refractivity contribution is -0.119. The molecule has 0 radical (unpaired) electrons. The van der Waals surface area contributed by atoms with E-state index in [4.69, 9.17) is 5.73 Å². The van der Waals surface area contributed by atoms with Crippen molar-refractivity contribution in [3.63, 3.8) is 0 Å². The molecule has 0 aliphatic rings. The van der Waals surface area contributed by atoms with E-state index in [1.54, 1.807) is 19.2 Å². The van der Waals surface area contributed by atoms with Gasteiger partial charge >= 0.3 is 0 Å². The predicted molar refractivity (Wildman–Crippen MR) is 118 cm³/mol. The molecule has 0 bridgehead atoms. The molecule has 0 amide bonds. The number of aromatic nitrogens is 3. The van der Waals surface area contributed by atoms with E-state index in [-0.39, 0.29) is 17.9 Å². The summed E-state index contributed by atoms with van der Waals surface area (Å²) in [6.45, 7) is 3.69. The summed E-state index contributed by atoms with van der Waals surface area (Å²) < 4.78 is 1.49. The Balaban J connectivity index is 1.61. The van der Waals surface area contributed by atoms with Crippen LogP contribution in [0, 0.1) is 13.8 Å². The molecule has 0 saturated carbocycles. The number of aryl methyl sites for hydroxylation is 5. The van der Waals surface area contributed by atoms with E-state index in [1.165, 1.54) is 10.1 Å². The third kappa shape index (κ3) is 5.63. The number of carbonyl (C=O) groups excluding carboxylic acids is 1. The van der Waals surface area contributed by atoms with Gasteiger partial charge in [0.2, 0.25) is 0 Å². The summed E-state index contributed by atoms with van der Waals surface area (Å²) in [4.78, 5) is 34.0. The molecule has 0 spiro atoms. The smallest absolute Gasteiger partial charge is 0.257 e. The lowest BCUT2D eigenvalue weighted by atomic mass is 10.1. The molecule has 2 heterocycles. The first-order valence-electron chi connectivity index (χ1n) is 10.3. The van der Waals surface area contributed by atoms with E-state index in [1.807, 2.05) is 31.2 Å². The summed E-state index contributed by atoms with van der Waals surface area (Å²) in [6.07, 6.45) is 4.98. The normalized spacial score (nSPS) is 10.9. The average molecular weight is 405 g/mol. The van der Waals surface area contributed by atoms with Crippen molar-refractivity contribution >= 4 is 11.6 Å². The molecule has 3 rings (SSSR count). The maximum absolute atomic E-state index is 12.9. The average Bonchev–Trinajstić information content (AvgIpc) is 2.73. The zero-order chi connectivity index (χ0) is 21.5. The first-order valence-corrected chi connectivity index (χ1v) is 10.3. The summed E-state index contributed by atoms with van der Waals surface area (Å²) in [5.41, 5.74) is 9.29. The summed E-state index contributed by atoms with van der Waals surface area (Å²) in [5.74, 6) is 1.03. The number of Topliss-reactive ketones (excluding diaryl/α,β-unsaturated/α-hetero) is 1. The van der Waals surface area contributed by atoms with Crippen LogP contribution >= 0.6 is 0 Å². The van der Waals surface area contributed by atoms with Gasteiger partial charge in [-0.2, -0.15) is 0 Å². The van der Waals surface area contributed by atoms with Crippen LogP contribution in [-0.2, 0) is 30.6 Å². The maximum Gasteiger partial charge on any atom is 0.257 e. The molecule has 0 aliphatic heterocycles. The third-order valence-electron chi connectivity index (χ3n) is 5.30. The minimum atomic E-state index is -0.116. The van der Waals surface area contributed by atoms with E-state index >= 15 is 0 Å². The number of benzene rings is 1. The molecule has 0 aliphatic carbocycles. The molecule has 0 saturated heterocycles. The molecular formula is C24H28N4O2. The lowest BCUT2D eigenvalue weighted by Gasteiger charge is -2.11. The number of ketones is 1. The van der Waals surface area contributed by atoms with Crippen molar-refractivity contribution in [3.05, 3.63) is 87.2 Å². The Bertz CT molecular complexity index is 1070. The Morgan fingerprint density at radius 3 is 2.50 bits per heavy atom. The Kier molecular flexibility index (Phi) is 7.12. The molecule has 0 fully saturated rings. The van der Waals surface area contributed by atoms with E-state index in [0.29, 0.717) is 36.5 Å². The number of hydrogen-bond acceptors (Lipinski definition) is 5. The molecule has 30 heavy (non-hydrogen) atoms. The minimum Gasteiger partial charge on any atom is -0.384 e. The van der Waals surface area contributed by atoms with Crippen LogP contribution in [0.2, 0.25) is 0 Å². The van der Waals surface area contributed by atoms with Gasteiger partial charge in [0.15, 0.2) is 5.78 Å². The number of nitrogens with zero attached hydrogens (tertiary/aromatic N) is 3. The summed E-state index contributed by atoms with van der Waals surface area (Å²) in [5, 5.41) is 0. The highest BCUT2D eigenvalue weighted by atomic mass is 16.1. The molecule has 2 aromatic heterocycles. The van der Waals surface area contributed by atoms with Crippen LogP contribution in [0.15, 0.2) is 53.5 Å². The topological polar surface area (TPSA) is 90.9 Å². The van der Waals surface area contributed by atoms with Crippen molar-refractivity contribution < 1.29 is 4.79 Å². The Labute approximate surface area is 176 Å². The highest BCUT2D eigenvalue weighted by Gasteiger charge is 2.12. The van der Waals surface area contributed by atoms with Crippen molar-refractivity contribution in [3.8, 4) is 0 Å². The van der Waals surface area contributed by atoms with Gasteiger partial charge in [-0.25, -0.2) is 9.97 Å². The van der Waals surface area contributed by atoms with E-state index in [9.17, 15) is 9.59 Å². The van der Waals surface area contributed by atoms with Gasteiger partial charge in [-0.15, -0.1) is 0 Å². The Hall–Kier alpha value is -3.28. The van der Waals surface area contributed by atoms with Crippen molar-refractivity contribution in [1.29, 1.82) is 0 Å². The fraction of sp³-hybridized carbons (Fsp3) is 0.333. The monoisotopic (exact) mass is 404 g/mol. The third-order valence-corrected chi connectivity index (χ3v) is 5.30. The van der Waals surface area contributed by atoms with E-state index < -0.39 is 0 Å². The molecule has 1 aromatic carbocycles. The van der Waals surface area contributed by atoms with Gasteiger partial charge in [0.1, 0.15) is 11.6 Å². The van der Waals surface area contributed by atoms with Gasteiger partial charge in [0.05, 0.1) is 6.54 Å². The highest BCUT2D eigenvalue weighted by Crippen LogP contribution is 2.11. The second-order valence-electron chi connectivity index (χ2n) is 7.58. The maximum atomic E-state index is 12.9. The number of pyridine rings is 1. The van der Waals surface area contributed by atoms with Crippen LogP contribution < -0.4 is 11.3 Å². The van der Waals surface area contributed by atoms with Crippen LogP contribution in [0.4, 0.5) is 5.82 Å². The van der Waals surface area contributed by atoms with Gasteiger partial charge < -0.3 is 5.73 Å².